The molecular weight excluding hydrogens is 659 g/mol. The maximum Gasteiger partial charge on any atom is 0.425 e. The van der Waals surface area contributed by atoms with Crippen LogP contribution in [0.4, 0.5) is 22.1 Å². The van der Waals surface area contributed by atoms with Crippen molar-refractivity contribution in [1.29, 1.82) is 0 Å². The van der Waals surface area contributed by atoms with E-state index in [4.69, 9.17) is 24.2 Å². The van der Waals surface area contributed by atoms with Crippen molar-refractivity contribution in [2.24, 2.45) is 11.0 Å². The number of aromatic nitrogens is 4. The molecule has 0 bridgehead atoms. The van der Waals surface area contributed by atoms with Gasteiger partial charge >= 0.3 is 6.09 Å². The molecule has 0 spiro atoms. The number of carbonyl (C=O) groups is 2. The third kappa shape index (κ3) is 8.29. The lowest BCUT2D eigenvalue weighted by Gasteiger charge is -2.37. The molecule has 2 aromatic carbocycles. The Morgan fingerprint density at radius 3 is 2.32 bits per heavy atom. The fraction of sp³-hybridized carbons (Fsp3) is 0.441. The molecule has 3 heterocycles. The number of rotatable bonds is 12. The zero-order valence-electron chi connectivity index (χ0n) is 29.3. The number of nitrogens with one attached hydrogen (secondary N) is 1. The second-order valence-corrected chi connectivity index (χ2v) is 18.5. The first-order valence-electron chi connectivity index (χ1n) is 16.4. The van der Waals surface area contributed by atoms with Gasteiger partial charge < -0.3 is 18.6 Å². The number of hydrogen-bond donors (Lipinski definition) is 1. The molecule has 15 nitrogen and oxygen atoms in total. The summed E-state index contributed by atoms with van der Waals surface area (Å²) in [6, 6.07) is 18.1. The predicted octanol–water partition coefficient (Wildman–Crippen LogP) is 7.72. The second-order valence-electron chi connectivity index (χ2n) is 13.7. The van der Waals surface area contributed by atoms with Crippen LogP contribution in [0.1, 0.15) is 47.3 Å². The number of para-hydroxylation sites is 2. The van der Waals surface area contributed by atoms with Crippen molar-refractivity contribution < 1.29 is 28.2 Å². The maximum absolute atomic E-state index is 13.9. The molecule has 3 atom stereocenters. The van der Waals surface area contributed by atoms with Gasteiger partial charge in [-0.25, -0.2) is 14.7 Å². The van der Waals surface area contributed by atoms with Crippen LogP contribution in [-0.2, 0) is 18.7 Å². The Morgan fingerprint density at radius 1 is 1.10 bits per heavy atom. The monoisotopic (exact) mass is 701 g/mol. The number of nitrogens with zero attached hydrogens (tertiary/aromatic N) is 8. The largest absolute Gasteiger partial charge is 0.425 e. The highest BCUT2D eigenvalue weighted by Gasteiger charge is 2.42. The smallest absolute Gasteiger partial charge is 0.414 e. The number of anilines is 3. The van der Waals surface area contributed by atoms with Crippen LogP contribution in [0.15, 0.2) is 72.1 Å². The highest BCUT2D eigenvalue weighted by Crippen LogP contribution is 2.39. The molecule has 1 fully saturated rings. The van der Waals surface area contributed by atoms with E-state index in [2.05, 4.69) is 64.2 Å². The van der Waals surface area contributed by atoms with Crippen LogP contribution in [0.5, 0.6) is 5.88 Å². The summed E-state index contributed by atoms with van der Waals surface area (Å²) in [6.07, 6.45) is -0.489. The molecule has 50 heavy (non-hydrogen) atoms. The first-order chi connectivity index (χ1) is 23.8. The van der Waals surface area contributed by atoms with Gasteiger partial charge in [-0.1, -0.05) is 76.1 Å². The summed E-state index contributed by atoms with van der Waals surface area (Å²) >= 11 is 0. The van der Waals surface area contributed by atoms with E-state index in [1.807, 2.05) is 36.4 Å². The summed E-state index contributed by atoms with van der Waals surface area (Å²) in [7, 11) is -2.14. The van der Waals surface area contributed by atoms with Gasteiger partial charge in [0, 0.05) is 17.3 Å². The summed E-state index contributed by atoms with van der Waals surface area (Å²) in [5.41, 5.74) is 10.4. The van der Waals surface area contributed by atoms with Crippen LogP contribution in [0.25, 0.3) is 21.6 Å². The van der Waals surface area contributed by atoms with Crippen molar-refractivity contribution >= 4 is 48.8 Å². The van der Waals surface area contributed by atoms with Gasteiger partial charge in [-0.05, 0) is 47.9 Å². The molecule has 5 rings (SSSR count). The van der Waals surface area contributed by atoms with E-state index in [1.54, 1.807) is 42.7 Å². The Balaban J connectivity index is 1.51. The fourth-order valence-corrected chi connectivity index (χ4v) is 6.00. The first-order valence-corrected chi connectivity index (χ1v) is 19.3. The molecule has 0 radical (unpaired) electrons. The minimum absolute atomic E-state index is 0.0226. The quantitative estimate of drug-likeness (QED) is 0.0670. The maximum atomic E-state index is 13.9. The van der Waals surface area contributed by atoms with E-state index in [1.165, 1.54) is 11.2 Å². The lowest BCUT2D eigenvalue weighted by molar-refractivity contribution is -0.118. The zero-order valence-corrected chi connectivity index (χ0v) is 30.3. The molecule has 1 N–H and O–H groups in total. The van der Waals surface area contributed by atoms with Crippen molar-refractivity contribution in [2.45, 2.75) is 77.6 Å². The van der Waals surface area contributed by atoms with Gasteiger partial charge in [-0.3, -0.25) is 14.7 Å². The third-order valence-corrected chi connectivity index (χ3v) is 13.4. The fourth-order valence-electron chi connectivity index (χ4n) is 4.98. The van der Waals surface area contributed by atoms with Crippen LogP contribution in [0.2, 0.25) is 18.1 Å². The van der Waals surface area contributed by atoms with Crippen molar-refractivity contribution in [3.8, 4) is 5.88 Å². The predicted molar refractivity (Wildman–Crippen MR) is 190 cm³/mol. The molecule has 1 saturated heterocycles. The number of carbonyl (C=O) groups excluding carboxylic acids is 2. The van der Waals surface area contributed by atoms with Crippen LogP contribution in [-0.4, -0.2) is 65.4 Å². The lowest BCUT2D eigenvalue weighted by atomic mass is 10.2. The van der Waals surface area contributed by atoms with Crippen LogP contribution in [0, 0.1) is 5.92 Å². The van der Waals surface area contributed by atoms with Crippen molar-refractivity contribution in [3.05, 3.63) is 77.4 Å². The minimum atomic E-state index is -2.14. The van der Waals surface area contributed by atoms with E-state index in [-0.39, 0.29) is 53.2 Å². The molecule has 1 aliphatic heterocycles. The van der Waals surface area contributed by atoms with E-state index in [9.17, 15) is 9.59 Å². The summed E-state index contributed by atoms with van der Waals surface area (Å²) in [5.74, 6) is -0.916. The second kappa shape index (κ2) is 15.4. The van der Waals surface area contributed by atoms with Gasteiger partial charge in [0.2, 0.25) is 11.9 Å². The standard InChI is InChI=1S/C34H43N9O6Si/c1-22(2)30(44)39-32-38-29-28(31(40-32)49-33(45)43(23-14-10-8-11-15-23)24-16-12-9-13-17-24)36-20-42(29)27-18-25(46-21-37-41-35)26(48-27)19-47-50(6,7)34(3,4)5/h8-17,20,22,25-27H,18-19,21H2,1-7H3,(H,38,39,40,44). The molecule has 2 amide bonds. The number of benzene rings is 2. The van der Waals surface area contributed by atoms with Crippen molar-refractivity contribution in [1.82, 2.24) is 19.5 Å². The molecule has 16 heteroatoms. The average Bonchev–Trinajstić information content (AvgIpc) is 3.68. The Morgan fingerprint density at radius 2 is 1.74 bits per heavy atom. The van der Waals surface area contributed by atoms with E-state index in [0.29, 0.717) is 17.8 Å². The van der Waals surface area contributed by atoms with Crippen molar-refractivity contribution in [2.75, 3.05) is 23.6 Å². The Kier molecular flexibility index (Phi) is 11.2. The number of fused-ring (bicyclic) bond motifs is 1. The third-order valence-electron chi connectivity index (χ3n) is 8.86. The number of imidazole rings is 1. The molecule has 0 saturated carbocycles. The molecule has 3 unspecified atom stereocenters. The topological polar surface area (TPSA) is 179 Å². The van der Waals surface area contributed by atoms with E-state index in [0.717, 1.165) is 0 Å². The SMILES string of the molecule is CC(C)C(=O)Nc1nc(OC(=O)N(c2ccccc2)c2ccccc2)c2ncn(C3CC(OCN=[N+]=[N-])C(CO[Si](C)(C)C(C)(C)C)O3)c2n1. The average molecular weight is 702 g/mol. The molecule has 0 aliphatic carbocycles. The zero-order chi connectivity index (χ0) is 36.1. The summed E-state index contributed by atoms with van der Waals surface area (Å²) < 4.78 is 26.5. The normalized spacial score (nSPS) is 17.8. The summed E-state index contributed by atoms with van der Waals surface area (Å²) in [6.45, 7) is 14.4. The Labute approximate surface area is 291 Å². The van der Waals surface area contributed by atoms with E-state index < -0.39 is 32.8 Å². The van der Waals surface area contributed by atoms with Crippen LogP contribution >= 0.6 is 0 Å². The van der Waals surface area contributed by atoms with Crippen molar-refractivity contribution in [3.63, 3.8) is 0 Å². The lowest BCUT2D eigenvalue weighted by Crippen LogP contribution is -2.44. The number of amides is 2. The molecule has 2 aromatic heterocycles. The molecule has 264 valence electrons. The van der Waals surface area contributed by atoms with Gasteiger partial charge in [0.25, 0.3) is 5.88 Å². The molecule has 1 aliphatic rings. The summed E-state index contributed by atoms with van der Waals surface area (Å²) in [5, 5.41) is 6.24. The van der Waals surface area contributed by atoms with Crippen LogP contribution < -0.4 is 15.0 Å². The minimum Gasteiger partial charge on any atom is -0.414 e. The molecule has 4 aromatic rings. The number of hydrogen-bond acceptors (Lipinski definition) is 10. The Bertz CT molecular complexity index is 1800. The van der Waals surface area contributed by atoms with Gasteiger partial charge in [-0.2, -0.15) is 9.97 Å². The van der Waals surface area contributed by atoms with Gasteiger partial charge in [0.1, 0.15) is 19.1 Å². The highest BCUT2D eigenvalue weighted by molar-refractivity contribution is 6.74. The van der Waals surface area contributed by atoms with E-state index >= 15 is 0 Å². The molecular formula is C34H43N9O6Si. The number of azide groups is 1. The van der Waals surface area contributed by atoms with Gasteiger partial charge in [0.15, 0.2) is 19.5 Å². The first kappa shape index (κ1) is 36.4. The number of ether oxygens (including phenoxy) is 3. The summed E-state index contributed by atoms with van der Waals surface area (Å²) in [4.78, 5) is 44.5. The van der Waals surface area contributed by atoms with Gasteiger partial charge in [0.05, 0.1) is 30.4 Å². The highest BCUT2D eigenvalue weighted by atomic mass is 28.4. The van der Waals surface area contributed by atoms with Gasteiger partial charge in [-0.15, -0.1) is 0 Å². The van der Waals surface area contributed by atoms with Crippen LogP contribution in [0.3, 0.4) is 0 Å². The Hall–Kier alpha value is -4.86.